The molecular weight excluding hydrogens is 368 g/mol. The zero-order valence-electron chi connectivity index (χ0n) is 17.0. The Morgan fingerprint density at radius 2 is 1.76 bits per heavy atom. The second kappa shape index (κ2) is 9.28. The summed E-state index contributed by atoms with van der Waals surface area (Å²) in [6.45, 7) is 2.35. The molecule has 1 aliphatic heterocycles. The van der Waals surface area contributed by atoms with Gasteiger partial charge in [0, 0.05) is 20.2 Å². The van der Waals surface area contributed by atoms with E-state index in [0.29, 0.717) is 13.2 Å². The molecule has 0 aromatic heterocycles. The summed E-state index contributed by atoms with van der Waals surface area (Å²) in [5, 5.41) is 0. The number of carbonyl (C=O) groups is 2. The van der Waals surface area contributed by atoms with Gasteiger partial charge in [-0.15, -0.1) is 0 Å². The summed E-state index contributed by atoms with van der Waals surface area (Å²) in [4.78, 5) is 28.1. The number of nitrogens with zero attached hydrogens (tertiary/aromatic N) is 2. The van der Waals surface area contributed by atoms with Crippen LogP contribution >= 0.6 is 0 Å². The van der Waals surface area contributed by atoms with E-state index in [4.69, 9.17) is 9.47 Å². The average Bonchev–Trinajstić information content (AvgIpc) is 2.74. The van der Waals surface area contributed by atoms with E-state index in [0.717, 1.165) is 22.6 Å². The number of fused-ring (bicyclic) bond motifs is 1. The molecule has 1 unspecified atom stereocenters. The van der Waals surface area contributed by atoms with Crippen molar-refractivity contribution in [1.29, 1.82) is 0 Å². The van der Waals surface area contributed by atoms with Crippen LogP contribution < -0.4 is 9.47 Å². The van der Waals surface area contributed by atoms with Crippen molar-refractivity contribution in [2.45, 2.75) is 19.4 Å². The van der Waals surface area contributed by atoms with Gasteiger partial charge in [0.15, 0.2) is 0 Å². The SMILES string of the molecule is COc1ccc(OCCN(C)C(=O)CC2c3ccccc3C=CN2C(C)=O)cc1. The first-order chi connectivity index (χ1) is 14.0. The number of ether oxygens (including phenoxy) is 2. The Balaban J connectivity index is 1.58. The van der Waals surface area contributed by atoms with Gasteiger partial charge in [0.25, 0.3) is 0 Å². The molecule has 0 aliphatic carbocycles. The number of rotatable bonds is 7. The Labute approximate surface area is 171 Å². The van der Waals surface area contributed by atoms with E-state index >= 15 is 0 Å². The van der Waals surface area contributed by atoms with Crippen LogP contribution in [0.4, 0.5) is 0 Å². The van der Waals surface area contributed by atoms with Gasteiger partial charge in [-0.25, -0.2) is 0 Å². The number of carbonyl (C=O) groups excluding carboxylic acids is 2. The molecule has 2 aromatic rings. The molecular formula is C23H26N2O4. The van der Waals surface area contributed by atoms with Gasteiger partial charge >= 0.3 is 0 Å². The zero-order chi connectivity index (χ0) is 20.8. The summed E-state index contributed by atoms with van der Waals surface area (Å²) >= 11 is 0. The molecule has 0 N–H and O–H groups in total. The van der Waals surface area contributed by atoms with Crippen LogP contribution in [0.2, 0.25) is 0 Å². The minimum Gasteiger partial charge on any atom is -0.497 e. The molecule has 2 aromatic carbocycles. The van der Waals surface area contributed by atoms with Crippen LogP contribution in [0.15, 0.2) is 54.7 Å². The van der Waals surface area contributed by atoms with Crippen molar-refractivity contribution in [3.63, 3.8) is 0 Å². The molecule has 0 saturated carbocycles. The largest absolute Gasteiger partial charge is 0.497 e. The third kappa shape index (κ3) is 4.96. The predicted octanol–water partition coefficient (Wildman–Crippen LogP) is 3.50. The topological polar surface area (TPSA) is 59.1 Å². The van der Waals surface area contributed by atoms with Crippen molar-refractivity contribution in [3.05, 3.63) is 65.9 Å². The van der Waals surface area contributed by atoms with Gasteiger partial charge in [-0.05, 0) is 41.5 Å². The molecule has 0 radical (unpaired) electrons. The molecule has 0 spiro atoms. The number of amides is 2. The van der Waals surface area contributed by atoms with Crippen LogP contribution in [0.1, 0.15) is 30.5 Å². The fourth-order valence-electron chi connectivity index (χ4n) is 3.33. The standard InChI is InChI=1S/C23H26N2O4/c1-17(26)25-13-12-18-6-4-5-7-21(18)22(25)16-23(27)24(2)14-15-29-20-10-8-19(28-3)9-11-20/h4-13,22H,14-16H2,1-3H3. The van der Waals surface area contributed by atoms with Gasteiger partial charge in [0.2, 0.25) is 11.8 Å². The zero-order valence-corrected chi connectivity index (χ0v) is 17.0. The van der Waals surface area contributed by atoms with Crippen molar-refractivity contribution >= 4 is 17.9 Å². The van der Waals surface area contributed by atoms with Gasteiger partial charge in [0.05, 0.1) is 26.1 Å². The number of likely N-dealkylation sites (N-methyl/N-ethyl adjacent to an activating group) is 1. The van der Waals surface area contributed by atoms with Crippen molar-refractivity contribution in [2.24, 2.45) is 0 Å². The second-order valence-corrected chi connectivity index (χ2v) is 6.93. The number of benzene rings is 2. The highest BCUT2D eigenvalue weighted by molar-refractivity contribution is 5.81. The number of methoxy groups -OCH3 is 1. The molecule has 152 valence electrons. The minimum absolute atomic E-state index is 0.0373. The molecule has 3 rings (SSSR count). The van der Waals surface area contributed by atoms with Crippen LogP contribution in [0.25, 0.3) is 6.08 Å². The molecule has 1 aliphatic rings. The van der Waals surface area contributed by atoms with Crippen LogP contribution in [-0.4, -0.2) is 48.9 Å². The summed E-state index contributed by atoms with van der Waals surface area (Å²) in [6, 6.07) is 14.9. The van der Waals surface area contributed by atoms with E-state index in [1.54, 1.807) is 30.2 Å². The van der Waals surface area contributed by atoms with Crippen LogP contribution in [0.5, 0.6) is 11.5 Å². The van der Waals surface area contributed by atoms with Crippen molar-refractivity contribution in [2.75, 3.05) is 27.3 Å². The summed E-state index contributed by atoms with van der Waals surface area (Å²) in [5.41, 5.74) is 2.02. The molecule has 0 bridgehead atoms. The minimum atomic E-state index is -0.300. The van der Waals surface area contributed by atoms with Crippen LogP contribution in [0.3, 0.4) is 0 Å². The summed E-state index contributed by atoms with van der Waals surface area (Å²) in [6.07, 6.45) is 3.89. The predicted molar refractivity (Wildman–Crippen MR) is 111 cm³/mol. The first kappa shape index (κ1) is 20.5. The Bertz CT molecular complexity index is 892. The van der Waals surface area contributed by atoms with Gasteiger partial charge < -0.3 is 19.3 Å². The molecule has 2 amide bonds. The Morgan fingerprint density at radius 3 is 2.45 bits per heavy atom. The van der Waals surface area contributed by atoms with E-state index in [1.165, 1.54) is 6.92 Å². The van der Waals surface area contributed by atoms with Crippen molar-refractivity contribution in [3.8, 4) is 11.5 Å². The number of hydrogen-bond donors (Lipinski definition) is 0. The molecule has 29 heavy (non-hydrogen) atoms. The molecule has 1 heterocycles. The summed E-state index contributed by atoms with van der Waals surface area (Å²) < 4.78 is 10.8. The Hall–Kier alpha value is -3.28. The second-order valence-electron chi connectivity index (χ2n) is 6.93. The molecule has 1 atom stereocenters. The lowest BCUT2D eigenvalue weighted by atomic mass is 9.93. The molecule has 0 saturated heterocycles. The normalized spacial score (nSPS) is 14.9. The van der Waals surface area contributed by atoms with Gasteiger partial charge in [-0.1, -0.05) is 24.3 Å². The van der Waals surface area contributed by atoms with Crippen LogP contribution in [-0.2, 0) is 9.59 Å². The quantitative estimate of drug-likeness (QED) is 0.721. The smallest absolute Gasteiger partial charge is 0.224 e. The first-order valence-electron chi connectivity index (χ1n) is 9.56. The fourth-order valence-corrected chi connectivity index (χ4v) is 3.33. The summed E-state index contributed by atoms with van der Waals surface area (Å²) in [5.74, 6) is 1.37. The van der Waals surface area contributed by atoms with Gasteiger partial charge in [0.1, 0.15) is 18.1 Å². The lowest BCUT2D eigenvalue weighted by molar-refractivity contribution is -0.134. The van der Waals surface area contributed by atoms with Crippen LogP contribution in [0, 0.1) is 0 Å². The van der Waals surface area contributed by atoms with E-state index < -0.39 is 0 Å². The lowest BCUT2D eigenvalue weighted by Crippen LogP contribution is -2.37. The lowest BCUT2D eigenvalue weighted by Gasteiger charge is -2.33. The van der Waals surface area contributed by atoms with Crippen molar-refractivity contribution in [1.82, 2.24) is 9.80 Å². The third-order valence-electron chi connectivity index (χ3n) is 5.02. The van der Waals surface area contributed by atoms with Gasteiger partial charge in [-0.3, -0.25) is 9.59 Å². The maximum atomic E-state index is 12.8. The highest BCUT2D eigenvalue weighted by Crippen LogP contribution is 2.33. The van der Waals surface area contributed by atoms with E-state index in [1.807, 2.05) is 54.6 Å². The molecule has 0 fully saturated rings. The highest BCUT2D eigenvalue weighted by Gasteiger charge is 2.29. The molecule has 6 heteroatoms. The summed E-state index contributed by atoms with van der Waals surface area (Å²) in [7, 11) is 3.37. The Kier molecular flexibility index (Phi) is 6.54. The maximum absolute atomic E-state index is 12.8. The van der Waals surface area contributed by atoms with Gasteiger partial charge in [-0.2, -0.15) is 0 Å². The monoisotopic (exact) mass is 394 g/mol. The first-order valence-corrected chi connectivity index (χ1v) is 9.56. The van der Waals surface area contributed by atoms with E-state index in [2.05, 4.69) is 0 Å². The highest BCUT2D eigenvalue weighted by atomic mass is 16.5. The Morgan fingerprint density at radius 1 is 1.07 bits per heavy atom. The van der Waals surface area contributed by atoms with E-state index in [9.17, 15) is 9.59 Å². The fraction of sp³-hybridized carbons (Fsp3) is 0.304. The maximum Gasteiger partial charge on any atom is 0.224 e. The third-order valence-corrected chi connectivity index (χ3v) is 5.02. The average molecular weight is 394 g/mol. The molecule has 6 nitrogen and oxygen atoms in total. The number of hydrogen-bond acceptors (Lipinski definition) is 4. The van der Waals surface area contributed by atoms with Crippen molar-refractivity contribution < 1.29 is 19.1 Å². The van der Waals surface area contributed by atoms with E-state index in [-0.39, 0.29) is 24.3 Å².